The molecule has 1 aromatic carbocycles. The molecule has 0 saturated carbocycles. The zero-order valence-corrected chi connectivity index (χ0v) is 16.8. The second kappa shape index (κ2) is 7.16. The van der Waals surface area contributed by atoms with Gasteiger partial charge < -0.3 is 9.47 Å². The molecular formula is C23H23N7. The highest BCUT2D eigenvalue weighted by Gasteiger charge is 2.29. The molecule has 0 unspecified atom stereocenters. The number of aromatic nitrogens is 6. The van der Waals surface area contributed by atoms with Crippen LogP contribution in [0.15, 0.2) is 48.8 Å². The van der Waals surface area contributed by atoms with Crippen molar-refractivity contribution < 1.29 is 0 Å². The van der Waals surface area contributed by atoms with E-state index in [0.29, 0.717) is 5.92 Å². The SMILES string of the molecule is c1cncc(-c2nc(N3CCC(c4nnc5n4CCC5)CC3)c3ccccc3n2)c1. The van der Waals surface area contributed by atoms with Crippen LogP contribution < -0.4 is 4.90 Å². The van der Waals surface area contributed by atoms with E-state index in [9.17, 15) is 0 Å². The molecule has 150 valence electrons. The first-order valence-corrected chi connectivity index (χ1v) is 10.7. The summed E-state index contributed by atoms with van der Waals surface area (Å²) >= 11 is 0. The molecule has 5 heterocycles. The Hall–Kier alpha value is -3.35. The molecule has 1 fully saturated rings. The van der Waals surface area contributed by atoms with Crippen LogP contribution in [0.4, 0.5) is 5.82 Å². The van der Waals surface area contributed by atoms with Gasteiger partial charge in [0, 0.05) is 55.3 Å². The second-order valence-electron chi connectivity index (χ2n) is 8.12. The molecule has 6 rings (SSSR count). The number of nitrogens with zero attached hydrogens (tertiary/aromatic N) is 7. The number of pyridine rings is 1. The summed E-state index contributed by atoms with van der Waals surface area (Å²) in [5.74, 6) is 4.58. The number of para-hydroxylation sites is 1. The van der Waals surface area contributed by atoms with E-state index in [1.54, 1.807) is 6.20 Å². The number of hydrogen-bond donors (Lipinski definition) is 0. The van der Waals surface area contributed by atoms with Gasteiger partial charge in [-0.05, 0) is 43.5 Å². The zero-order chi connectivity index (χ0) is 19.9. The highest BCUT2D eigenvalue weighted by Crippen LogP contribution is 2.34. The lowest BCUT2D eigenvalue weighted by molar-refractivity contribution is 0.466. The number of anilines is 1. The quantitative estimate of drug-likeness (QED) is 0.526. The summed E-state index contributed by atoms with van der Waals surface area (Å²) < 4.78 is 2.35. The molecule has 2 aliphatic heterocycles. The van der Waals surface area contributed by atoms with E-state index in [1.807, 2.05) is 24.4 Å². The van der Waals surface area contributed by atoms with E-state index in [2.05, 4.69) is 42.8 Å². The summed E-state index contributed by atoms with van der Waals surface area (Å²) in [5, 5.41) is 10.0. The Morgan fingerprint density at radius 2 is 1.80 bits per heavy atom. The van der Waals surface area contributed by atoms with Gasteiger partial charge in [0.2, 0.25) is 0 Å². The van der Waals surface area contributed by atoms with E-state index >= 15 is 0 Å². The monoisotopic (exact) mass is 397 g/mol. The number of aryl methyl sites for hydroxylation is 1. The van der Waals surface area contributed by atoms with E-state index in [1.165, 1.54) is 12.2 Å². The summed E-state index contributed by atoms with van der Waals surface area (Å²) in [6.45, 7) is 2.99. The van der Waals surface area contributed by atoms with Crippen LogP contribution in [-0.4, -0.2) is 42.8 Å². The molecule has 2 aliphatic rings. The number of benzene rings is 1. The standard InChI is InChI=1S/C23H23N7/c1-2-7-19-18(6-1)23(26-21(25-19)17-5-3-11-24-15-17)29-13-9-16(10-14-29)22-28-27-20-8-4-12-30(20)22/h1-3,5-7,11,15-16H,4,8-10,12-14H2. The van der Waals surface area contributed by atoms with Gasteiger partial charge in [0.15, 0.2) is 5.82 Å². The molecular weight excluding hydrogens is 374 g/mol. The molecule has 0 aliphatic carbocycles. The molecule has 0 amide bonds. The molecule has 1 saturated heterocycles. The van der Waals surface area contributed by atoms with Gasteiger partial charge in [0.25, 0.3) is 0 Å². The maximum atomic E-state index is 4.98. The summed E-state index contributed by atoms with van der Waals surface area (Å²) in [7, 11) is 0. The summed E-state index contributed by atoms with van der Waals surface area (Å²) in [4.78, 5) is 16.4. The highest BCUT2D eigenvalue weighted by atomic mass is 15.3. The van der Waals surface area contributed by atoms with Gasteiger partial charge in [0.05, 0.1) is 5.52 Å². The Kier molecular flexibility index (Phi) is 4.18. The van der Waals surface area contributed by atoms with Crippen LogP contribution >= 0.6 is 0 Å². The predicted octanol–water partition coefficient (Wildman–Crippen LogP) is 3.61. The fourth-order valence-electron chi connectivity index (χ4n) is 4.75. The summed E-state index contributed by atoms with van der Waals surface area (Å²) in [6, 6.07) is 12.2. The fraction of sp³-hybridized carbons (Fsp3) is 0.348. The van der Waals surface area contributed by atoms with Crippen molar-refractivity contribution in [1.29, 1.82) is 0 Å². The maximum Gasteiger partial charge on any atom is 0.163 e. The summed E-state index contributed by atoms with van der Waals surface area (Å²) in [5.41, 5.74) is 1.91. The molecule has 0 N–H and O–H groups in total. The van der Waals surface area contributed by atoms with Crippen LogP contribution in [0.25, 0.3) is 22.3 Å². The fourth-order valence-corrected chi connectivity index (χ4v) is 4.75. The average Bonchev–Trinajstić information content (AvgIpc) is 3.43. The van der Waals surface area contributed by atoms with Gasteiger partial charge in [-0.3, -0.25) is 4.98 Å². The third-order valence-electron chi connectivity index (χ3n) is 6.30. The topological polar surface area (TPSA) is 72.6 Å². The predicted molar refractivity (Wildman–Crippen MR) is 115 cm³/mol. The highest BCUT2D eigenvalue weighted by molar-refractivity contribution is 5.91. The first-order valence-electron chi connectivity index (χ1n) is 10.7. The van der Waals surface area contributed by atoms with E-state index < -0.39 is 0 Å². The van der Waals surface area contributed by atoms with Gasteiger partial charge in [-0.15, -0.1) is 10.2 Å². The lowest BCUT2D eigenvalue weighted by Crippen LogP contribution is -2.34. The molecule has 4 aromatic rings. The van der Waals surface area contributed by atoms with Crippen molar-refractivity contribution in [3.63, 3.8) is 0 Å². The van der Waals surface area contributed by atoms with Gasteiger partial charge in [0.1, 0.15) is 17.5 Å². The van der Waals surface area contributed by atoms with E-state index in [-0.39, 0.29) is 0 Å². The van der Waals surface area contributed by atoms with Crippen LogP contribution in [0.5, 0.6) is 0 Å². The number of fused-ring (bicyclic) bond motifs is 2. The van der Waals surface area contributed by atoms with Crippen molar-refractivity contribution in [2.24, 2.45) is 0 Å². The van der Waals surface area contributed by atoms with Gasteiger partial charge in [-0.1, -0.05) is 12.1 Å². The number of hydrogen-bond acceptors (Lipinski definition) is 6. The largest absolute Gasteiger partial charge is 0.356 e. The Morgan fingerprint density at radius 3 is 2.67 bits per heavy atom. The van der Waals surface area contributed by atoms with E-state index in [0.717, 1.165) is 72.8 Å². The maximum absolute atomic E-state index is 4.98. The minimum Gasteiger partial charge on any atom is -0.356 e. The second-order valence-corrected chi connectivity index (χ2v) is 8.12. The Morgan fingerprint density at radius 1 is 0.900 bits per heavy atom. The molecule has 0 bridgehead atoms. The average molecular weight is 397 g/mol. The van der Waals surface area contributed by atoms with Crippen molar-refractivity contribution >= 4 is 16.7 Å². The third-order valence-corrected chi connectivity index (χ3v) is 6.30. The zero-order valence-electron chi connectivity index (χ0n) is 16.8. The normalized spacial score (nSPS) is 16.9. The molecule has 0 radical (unpaired) electrons. The first kappa shape index (κ1) is 17.5. The Bertz CT molecular complexity index is 1190. The summed E-state index contributed by atoms with van der Waals surface area (Å²) in [6.07, 6.45) is 8.00. The molecule has 0 atom stereocenters. The van der Waals surface area contributed by atoms with E-state index in [4.69, 9.17) is 9.97 Å². The van der Waals surface area contributed by atoms with Crippen LogP contribution in [0.2, 0.25) is 0 Å². The molecule has 7 heteroatoms. The minimum atomic E-state index is 0.478. The lowest BCUT2D eigenvalue weighted by atomic mass is 9.95. The third kappa shape index (κ3) is 2.93. The molecule has 3 aromatic heterocycles. The Labute approximate surface area is 174 Å². The van der Waals surface area contributed by atoms with Crippen LogP contribution in [-0.2, 0) is 13.0 Å². The van der Waals surface area contributed by atoms with Gasteiger partial charge in [-0.25, -0.2) is 9.97 Å². The van der Waals surface area contributed by atoms with Gasteiger partial charge >= 0.3 is 0 Å². The number of piperidine rings is 1. The van der Waals surface area contributed by atoms with Crippen molar-refractivity contribution in [3.8, 4) is 11.4 Å². The van der Waals surface area contributed by atoms with Crippen LogP contribution in [0, 0.1) is 0 Å². The Balaban J connectivity index is 1.32. The number of rotatable bonds is 3. The van der Waals surface area contributed by atoms with Gasteiger partial charge in [-0.2, -0.15) is 0 Å². The van der Waals surface area contributed by atoms with Crippen molar-refractivity contribution in [2.75, 3.05) is 18.0 Å². The molecule has 0 spiro atoms. The van der Waals surface area contributed by atoms with Crippen molar-refractivity contribution in [3.05, 3.63) is 60.4 Å². The van der Waals surface area contributed by atoms with Crippen molar-refractivity contribution in [2.45, 2.75) is 38.1 Å². The first-order chi connectivity index (χ1) is 14.9. The lowest BCUT2D eigenvalue weighted by Gasteiger charge is -2.33. The van der Waals surface area contributed by atoms with Crippen molar-refractivity contribution in [1.82, 2.24) is 29.7 Å². The molecule has 7 nitrogen and oxygen atoms in total. The molecule has 30 heavy (non-hydrogen) atoms. The minimum absolute atomic E-state index is 0.478. The van der Waals surface area contributed by atoms with Crippen LogP contribution in [0.1, 0.15) is 36.8 Å². The van der Waals surface area contributed by atoms with Crippen LogP contribution in [0.3, 0.4) is 0 Å². The smallest absolute Gasteiger partial charge is 0.163 e.